The topological polar surface area (TPSA) is 91.8 Å². The van der Waals surface area contributed by atoms with Gasteiger partial charge >= 0.3 is 0 Å². The number of benzene rings is 1. The molecule has 0 saturated carbocycles. The van der Waals surface area contributed by atoms with Gasteiger partial charge in [0.2, 0.25) is 0 Å². The van der Waals surface area contributed by atoms with Crippen LogP contribution in [0.25, 0.3) is 0 Å². The largest absolute Gasteiger partial charge is 0.385 e. The first kappa shape index (κ1) is 24.6. The number of morpholine rings is 1. The van der Waals surface area contributed by atoms with Gasteiger partial charge < -0.3 is 36.6 Å². The van der Waals surface area contributed by atoms with Crippen LogP contribution in [0.4, 0.5) is 15.8 Å². The molecule has 1 aromatic carbocycles. The van der Waals surface area contributed by atoms with E-state index in [1.165, 1.54) is 6.08 Å². The molecule has 1 fully saturated rings. The number of rotatable bonds is 6. The Bertz CT molecular complexity index is 1030. The second kappa shape index (κ2) is 10.8. The van der Waals surface area contributed by atoms with Crippen molar-refractivity contribution in [1.29, 1.82) is 0 Å². The van der Waals surface area contributed by atoms with Gasteiger partial charge in [0.1, 0.15) is 17.5 Å². The monoisotopic (exact) mass is 508 g/mol. The highest BCUT2D eigenvalue weighted by molar-refractivity contribution is 6.34. The fraction of sp³-hybridized carbons (Fsp3) is 0.417. The SMILES string of the molecule is CC1C=C(F)C(Cl)=C(CN2CCNC(N)=C2/C=C(\N)Nc2cccc(N3CCOCC3)c2)C1Cl. The molecule has 0 amide bonds. The first-order valence-corrected chi connectivity index (χ1v) is 12.2. The van der Waals surface area contributed by atoms with Crippen molar-refractivity contribution in [3.05, 3.63) is 70.2 Å². The lowest BCUT2D eigenvalue weighted by molar-refractivity contribution is 0.122. The summed E-state index contributed by atoms with van der Waals surface area (Å²) in [6.45, 7) is 6.66. The Balaban J connectivity index is 1.52. The molecule has 4 rings (SSSR count). The van der Waals surface area contributed by atoms with Crippen LogP contribution in [0.5, 0.6) is 0 Å². The quantitative estimate of drug-likeness (QED) is 0.437. The maximum Gasteiger partial charge on any atom is 0.138 e. The average molecular weight is 509 g/mol. The molecule has 10 heteroatoms. The lowest BCUT2D eigenvalue weighted by Gasteiger charge is -2.35. The minimum absolute atomic E-state index is 0.0737. The Morgan fingerprint density at radius 2 is 2.09 bits per heavy atom. The summed E-state index contributed by atoms with van der Waals surface area (Å²) in [5.41, 5.74) is 15.9. The average Bonchev–Trinajstić information content (AvgIpc) is 2.83. The maximum atomic E-state index is 14.3. The molecule has 1 aliphatic carbocycles. The number of allylic oxidation sites excluding steroid dienone is 4. The first-order chi connectivity index (χ1) is 16.3. The van der Waals surface area contributed by atoms with Gasteiger partial charge in [-0.3, -0.25) is 0 Å². The van der Waals surface area contributed by atoms with Crippen LogP contribution in [0.2, 0.25) is 0 Å². The molecular formula is C24H31Cl2FN6O. The van der Waals surface area contributed by atoms with Crippen molar-refractivity contribution in [1.82, 2.24) is 10.2 Å². The molecule has 6 N–H and O–H groups in total. The van der Waals surface area contributed by atoms with Gasteiger partial charge in [-0.25, -0.2) is 4.39 Å². The van der Waals surface area contributed by atoms with Gasteiger partial charge in [0.05, 0.1) is 29.3 Å². The van der Waals surface area contributed by atoms with Crippen LogP contribution in [0.3, 0.4) is 0 Å². The molecule has 0 aromatic heterocycles. The predicted molar refractivity (Wildman–Crippen MR) is 137 cm³/mol. The minimum atomic E-state index is -0.438. The second-order valence-corrected chi connectivity index (χ2v) is 9.48. The molecule has 1 aromatic rings. The van der Waals surface area contributed by atoms with Gasteiger partial charge in [-0.15, -0.1) is 11.6 Å². The van der Waals surface area contributed by atoms with Crippen molar-refractivity contribution >= 4 is 34.6 Å². The predicted octanol–water partition coefficient (Wildman–Crippen LogP) is 3.37. The molecule has 0 radical (unpaired) electrons. The fourth-order valence-electron chi connectivity index (χ4n) is 4.33. The van der Waals surface area contributed by atoms with Crippen molar-refractivity contribution < 1.29 is 9.13 Å². The normalized spacial score (nSPS) is 24.2. The zero-order valence-corrected chi connectivity index (χ0v) is 20.7. The molecule has 3 aliphatic rings. The number of hydrogen-bond acceptors (Lipinski definition) is 7. The van der Waals surface area contributed by atoms with E-state index in [1.54, 1.807) is 6.08 Å². The number of ether oxygens (including phenoxy) is 1. The van der Waals surface area contributed by atoms with Gasteiger partial charge in [0.25, 0.3) is 0 Å². The van der Waals surface area contributed by atoms with Gasteiger partial charge in [0.15, 0.2) is 0 Å². The van der Waals surface area contributed by atoms with E-state index in [2.05, 4.69) is 27.7 Å². The maximum absolute atomic E-state index is 14.3. The Kier molecular flexibility index (Phi) is 7.80. The van der Waals surface area contributed by atoms with Crippen molar-refractivity contribution in [3.8, 4) is 0 Å². The molecule has 2 unspecified atom stereocenters. The number of alkyl halides is 1. The van der Waals surface area contributed by atoms with E-state index < -0.39 is 11.2 Å². The highest BCUT2D eigenvalue weighted by Gasteiger charge is 2.30. The van der Waals surface area contributed by atoms with Crippen molar-refractivity contribution in [2.24, 2.45) is 17.4 Å². The highest BCUT2D eigenvalue weighted by Crippen LogP contribution is 2.36. The summed E-state index contributed by atoms with van der Waals surface area (Å²) < 4.78 is 19.7. The van der Waals surface area contributed by atoms with Gasteiger partial charge in [-0.2, -0.15) is 0 Å². The smallest absolute Gasteiger partial charge is 0.138 e. The Morgan fingerprint density at radius 1 is 1.32 bits per heavy atom. The number of nitrogens with two attached hydrogens (primary N) is 2. The lowest BCUT2D eigenvalue weighted by Crippen LogP contribution is -2.43. The second-order valence-electron chi connectivity index (χ2n) is 8.64. The number of halogens is 3. The minimum Gasteiger partial charge on any atom is -0.385 e. The number of hydrogen-bond donors (Lipinski definition) is 4. The fourth-order valence-corrected chi connectivity index (χ4v) is 4.88. The number of nitrogens with zero attached hydrogens (tertiary/aromatic N) is 2. The summed E-state index contributed by atoms with van der Waals surface area (Å²) in [6.07, 6.45) is 3.23. The molecule has 184 valence electrons. The van der Waals surface area contributed by atoms with E-state index in [-0.39, 0.29) is 11.0 Å². The third kappa shape index (κ3) is 5.56. The van der Waals surface area contributed by atoms with Crippen molar-refractivity contribution in [3.63, 3.8) is 0 Å². The highest BCUT2D eigenvalue weighted by atomic mass is 35.5. The number of nitrogens with one attached hydrogen (secondary N) is 2. The summed E-state index contributed by atoms with van der Waals surface area (Å²) in [6, 6.07) is 8.08. The summed E-state index contributed by atoms with van der Waals surface area (Å²) >= 11 is 12.9. The molecule has 2 atom stereocenters. The molecule has 0 bridgehead atoms. The summed E-state index contributed by atoms with van der Waals surface area (Å²) in [7, 11) is 0. The Morgan fingerprint density at radius 3 is 2.85 bits per heavy atom. The van der Waals surface area contributed by atoms with Gasteiger partial charge in [0, 0.05) is 50.2 Å². The zero-order chi connectivity index (χ0) is 24.2. The first-order valence-electron chi connectivity index (χ1n) is 11.4. The molecule has 1 saturated heterocycles. The van der Waals surface area contributed by atoms with E-state index in [0.717, 1.165) is 37.7 Å². The van der Waals surface area contributed by atoms with Gasteiger partial charge in [-0.05, 0) is 35.8 Å². The van der Waals surface area contributed by atoms with Crippen LogP contribution < -0.4 is 27.0 Å². The van der Waals surface area contributed by atoms with Crippen LogP contribution >= 0.6 is 23.2 Å². The molecule has 0 spiro atoms. The van der Waals surface area contributed by atoms with Crippen LogP contribution in [-0.4, -0.2) is 56.2 Å². The Hall–Kier alpha value is -2.55. The lowest BCUT2D eigenvalue weighted by atomic mass is 9.93. The van der Waals surface area contributed by atoms with Crippen LogP contribution in [0, 0.1) is 5.92 Å². The summed E-state index contributed by atoms with van der Waals surface area (Å²) in [5, 5.41) is 6.09. The Labute approximate surface area is 209 Å². The standard InChI is InChI=1S/C24H31Cl2FN6O/c1-15-11-19(27)23(26)18(22(15)25)14-33-6-5-30-24(29)20(33)13-21(28)31-16-3-2-4-17(12-16)32-7-9-34-10-8-32/h2-4,11-13,15,22,30-31H,5-10,14,28-29H2,1H3/b21-13+. The number of anilines is 2. The molecule has 2 aliphatic heterocycles. The third-order valence-corrected chi connectivity index (χ3v) is 7.26. The summed E-state index contributed by atoms with van der Waals surface area (Å²) in [4.78, 5) is 4.30. The van der Waals surface area contributed by atoms with Crippen LogP contribution in [-0.2, 0) is 4.74 Å². The van der Waals surface area contributed by atoms with E-state index in [1.807, 2.05) is 24.0 Å². The van der Waals surface area contributed by atoms with E-state index in [4.69, 9.17) is 39.4 Å². The van der Waals surface area contributed by atoms with E-state index in [0.29, 0.717) is 42.5 Å². The zero-order valence-electron chi connectivity index (χ0n) is 19.2. The van der Waals surface area contributed by atoms with Gasteiger partial charge in [-0.1, -0.05) is 24.6 Å². The van der Waals surface area contributed by atoms with E-state index >= 15 is 0 Å². The van der Waals surface area contributed by atoms with Crippen LogP contribution in [0.15, 0.2) is 70.2 Å². The molecule has 7 nitrogen and oxygen atoms in total. The van der Waals surface area contributed by atoms with Crippen molar-refractivity contribution in [2.45, 2.75) is 12.3 Å². The molecule has 34 heavy (non-hydrogen) atoms. The molecule has 2 heterocycles. The third-order valence-electron chi connectivity index (χ3n) is 6.17. The summed E-state index contributed by atoms with van der Waals surface area (Å²) in [5.74, 6) is 0.316. The van der Waals surface area contributed by atoms with Crippen molar-refractivity contribution in [2.75, 3.05) is 56.2 Å². The van der Waals surface area contributed by atoms with Crippen LogP contribution in [0.1, 0.15) is 6.92 Å². The molecular weight excluding hydrogens is 478 g/mol. The van der Waals surface area contributed by atoms with E-state index in [9.17, 15) is 4.39 Å².